The molecule has 0 radical (unpaired) electrons. The average Bonchev–Trinajstić information content (AvgIpc) is 3.25. The van der Waals surface area contributed by atoms with E-state index in [2.05, 4.69) is 35.9 Å². The second-order valence-electron chi connectivity index (χ2n) is 8.24. The third-order valence-electron chi connectivity index (χ3n) is 5.70. The SMILES string of the molecule is CC(C)C(SCc1ccccc1)C(=O)N1CCN(S(=O)(=O)c2c[nH]c3ncccc23)CC1. The second kappa shape index (κ2) is 9.64. The van der Waals surface area contributed by atoms with Crippen LogP contribution in [-0.4, -0.2) is 64.9 Å². The summed E-state index contributed by atoms with van der Waals surface area (Å²) in [4.78, 5) is 22.4. The molecule has 1 N–H and O–H groups in total. The molecule has 1 aliphatic heterocycles. The number of H-pyrrole nitrogens is 1. The van der Waals surface area contributed by atoms with Gasteiger partial charge in [-0.05, 0) is 23.6 Å². The van der Waals surface area contributed by atoms with Gasteiger partial charge in [0.15, 0.2) is 0 Å². The first-order valence-electron chi connectivity index (χ1n) is 10.7. The zero-order chi connectivity index (χ0) is 22.7. The number of aromatic nitrogens is 2. The first kappa shape index (κ1) is 22.8. The third-order valence-corrected chi connectivity index (χ3v) is 9.25. The van der Waals surface area contributed by atoms with Crippen molar-refractivity contribution in [2.75, 3.05) is 26.2 Å². The lowest BCUT2D eigenvalue weighted by Crippen LogP contribution is -2.53. The molecule has 1 aliphatic rings. The standard InChI is InChI=1S/C23H28N4O3S2/c1-17(2)21(31-16-18-7-4-3-5-8-18)23(28)26-11-13-27(14-12-26)32(29,30)20-15-25-22-19(20)9-6-10-24-22/h3-10,15,17,21H,11-14,16H2,1-2H3,(H,24,25). The lowest BCUT2D eigenvalue weighted by atomic mass is 10.1. The quantitative estimate of drug-likeness (QED) is 0.570. The van der Waals surface area contributed by atoms with E-state index in [1.807, 2.05) is 23.1 Å². The number of thioether (sulfide) groups is 1. The second-order valence-corrected chi connectivity index (χ2v) is 11.3. The summed E-state index contributed by atoms with van der Waals surface area (Å²) in [5.74, 6) is 1.06. The molecule has 170 valence electrons. The topological polar surface area (TPSA) is 86.4 Å². The number of rotatable bonds is 7. The molecular weight excluding hydrogens is 444 g/mol. The Bertz CT molecular complexity index is 1170. The van der Waals surface area contributed by atoms with Crippen molar-refractivity contribution in [2.45, 2.75) is 29.7 Å². The molecule has 1 amide bonds. The maximum absolute atomic E-state index is 13.2. The average molecular weight is 473 g/mol. The predicted octanol–water partition coefficient (Wildman–Crippen LogP) is 3.35. The number of nitrogens with zero attached hydrogens (tertiary/aromatic N) is 3. The van der Waals surface area contributed by atoms with Gasteiger partial charge in [0.2, 0.25) is 15.9 Å². The number of nitrogens with one attached hydrogen (secondary N) is 1. The van der Waals surface area contributed by atoms with E-state index in [1.54, 1.807) is 30.1 Å². The number of hydrogen-bond acceptors (Lipinski definition) is 5. The molecule has 1 saturated heterocycles. The van der Waals surface area contributed by atoms with Gasteiger partial charge < -0.3 is 9.88 Å². The van der Waals surface area contributed by atoms with Gasteiger partial charge in [0, 0.05) is 49.7 Å². The monoisotopic (exact) mass is 472 g/mol. The Labute approximate surface area is 193 Å². The minimum atomic E-state index is -3.66. The zero-order valence-electron chi connectivity index (χ0n) is 18.3. The van der Waals surface area contributed by atoms with Crippen molar-refractivity contribution in [3.8, 4) is 0 Å². The van der Waals surface area contributed by atoms with E-state index in [1.165, 1.54) is 16.1 Å². The fourth-order valence-corrected chi connectivity index (χ4v) is 6.73. The molecule has 0 aliphatic carbocycles. The molecule has 32 heavy (non-hydrogen) atoms. The summed E-state index contributed by atoms with van der Waals surface area (Å²) in [5, 5.41) is 0.432. The molecule has 4 rings (SSSR count). The molecule has 3 heterocycles. The summed E-state index contributed by atoms with van der Waals surface area (Å²) in [6.45, 7) is 5.49. The lowest BCUT2D eigenvalue weighted by Gasteiger charge is -2.36. The Morgan fingerprint density at radius 1 is 1.09 bits per heavy atom. The van der Waals surface area contributed by atoms with E-state index in [0.29, 0.717) is 24.1 Å². The molecule has 1 aromatic carbocycles. The van der Waals surface area contributed by atoms with E-state index in [0.717, 1.165) is 5.75 Å². The zero-order valence-corrected chi connectivity index (χ0v) is 19.9. The van der Waals surface area contributed by atoms with Crippen molar-refractivity contribution in [3.05, 3.63) is 60.4 Å². The van der Waals surface area contributed by atoms with Gasteiger partial charge in [-0.3, -0.25) is 4.79 Å². The minimum absolute atomic E-state index is 0.0919. The Morgan fingerprint density at radius 2 is 1.81 bits per heavy atom. The van der Waals surface area contributed by atoms with Gasteiger partial charge in [-0.1, -0.05) is 44.2 Å². The van der Waals surface area contributed by atoms with Crippen molar-refractivity contribution in [2.24, 2.45) is 5.92 Å². The summed E-state index contributed by atoms with van der Waals surface area (Å²) < 4.78 is 27.9. The maximum atomic E-state index is 13.2. The number of pyridine rings is 1. The van der Waals surface area contributed by atoms with Crippen molar-refractivity contribution in [3.63, 3.8) is 0 Å². The van der Waals surface area contributed by atoms with Crippen LogP contribution in [-0.2, 0) is 20.6 Å². The molecule has 1 atom stereocenters. The van der Waals surface area contributed by atoms with Gasteiger partial charge >= 0.3 is 0 Å². The van der Waals surface area contributed by atoms with Gasteiger partial charge in [-0.25, -0.2) is 13.4 Å². The lowest BCUT2D eigenvalue weighted by molar-refractivity contribution is -0.132. The van der Waals surface area contributed by atoms with Crippen LogP contribution in [0.5, 0.6) is 0 Å². The third kappa shape index (κ3) is 4.69. The highest BCUT2D eigenvalue weighted by Gasteiger charge is 2.34. The summed E-state index contributed by atoms with van der Waals surface area (Å²) in [7, 11) is -3.66. The van der Waals surface area contributed by atoms with Gasteiger partial charge in [0.25, 0.3) is 0 Å². The number of hydrogen-bond donors (Lipinski definition) is 1. The Hall–Kier alpha value is -2.36. The van der Waals surface area contributed by atoms with Crippen molar-refractivity contribution in [1.82, 2.24) is 19.2 Å². The highest BCUT2D eigenvalue weighted by molar-refractivity contribution is 7.99. The summed E-state index contributed by atoms with van der Waals surface area (Å²) in [6.07, 6.45) is 3.13. The number of carbonyl (C=O) groups is 1. The van der Waals surface area contributed by atoms with Gasteiger partial charge in [0.05, 0.1) is 5.25 Å². The summed E-state index contributed by atoms with van der Waals surface area (Å²) in [6, 6.07) is 13.6. The molecule has 0 spiro atoms. The van der Waals surface area contributed by atoms with Crippen LogP contribution in [0.1, 0.15) is 19.4 Å². The van der Waals surface area contributed by atoms with E-state index in [4.69, 9.17) is 0 Å². The molecule has 1 fully saturated rings. The Balaban J connectivity index is 1.41. The van der Waals surface area contributed by atoms with Crippen molar-refractivity contribution < 1.29 is 13.2 Å². The first-order chi connectivity index (χ1) is 15.4. The number of aromatic amines is 1. The smallest absolute Gasteiger partial charge is 0.245 e. The summed E-state index contributed by atoms with van der Waals surface area (Å²) >= 11 is 1.66. The highest BCUT2D eigenvalue weighted by Crippen LogP contribution is 2.28. The fraction of sp³-hybridized carbons (Fsp3) is 0.391. The van der Waals surface area contributed by atoms with Crippen LogP contribution < -0.4 is 0 Å². The first-order valence-corrected chi connectivity index (χ1v) is 13.2. The molecule has 0 bridgehead atoms. The number of sulfonamides is 1. The van der Waals surface area contributed by atoms with Gasteiger partial charge in [-0.15, -0.1) is 11.8 Å². The van der Waals surface area contributed by atoms with Crippen LogP contribution in [0, 0.1) is 5.92 Å². The number of amides is 1. The number of carbonyl (C=O) groups excluding carboxylic acids is 1. The number of benzene rings is 1. The van der Waals surface area contributed by atoms with Crippen molar-refractivity contribution >= 4 is 38.7 Å². The van der Waals surface area contributed by atoms with Crippen LogP contribution in [0.4, 0.5) is 0 Å². The van der Waals surface area contributed by atoms with Crippen LogP contribution in [0.15, 0.2) is 59.8 Å². The Kier molecular flexibility index (Phi) is 6.88. The van der Waals surface area contributed by atoms with E-state index in [-0.39, 0.29) is 35.1 Å². The predicted molar refractivity (Wildman–Crippen MR) is 128 cm³/mol. The van der Waals surface area contributed by atoms with Gasteiger partial charge in [-0.2, -0.15) is 4.31 Å². The van der Waals surface area contributed by atoms with Gasteiger partial charge in [0.1, 0.15) is 10.5 Å². The minimum Gasteiger partial charge on any atom is -0.345 e. The Morgan fingerprint density at radius 3 is 2.50 bits per heavy atom. The summed E-state index contributed by atoms with van der Waals surface area (Å²) in [5.41, 5.74) is 1.75. The van der Waals surface area contributed by atoms with Crippen LogP contribution in [0.2, 0.25) is 0 Å². The molecule has 1 unspecified atom stereocenters. The largest absolute Gasteiger partial charge is 0.345 e. The number of piperazine rings is 1. The molecular formula is C23H28N4O3S2. The van der Waals surface area contributed by atoms with Crippen molar-refractivity contribution in [1.29, 1.82) is 0 Å². The van der Waals surface area contributed by atoms with E-state index in [9.17, 15) is 13.2 Å². The van der Waals surface area contributed by atoms with E-state index >= 15 is 0 Å². The molecule has 2 aromatic heterocycles. The normalized spacial score (nSPS) is 16.5. The van der Waals surface area contributed by atoms with Crippen LogP contribution in [0.3, 0.4) is 0 Å². The molecule has 9 heteroatoms. The van der Waals surface area contributed by atoms with E-state index < -0.39 is 10.0 Å². The molecule has 7 nitrogen and oxygen atoms in total. The maximum Gasteiger partial charge on any atom is 0.245 e. The molecule has 3 aromatic rings. The highest BCUT2D eigenvalue weighted by atomic mass is 32.2. The fourth-order valence-electron chi connectivity index (χ4n) is 3.92. The van der Waals surface area contributed by atoms with Crippen LogP contribution >= 0.6 is 11.8 Å². The number of fused-ring (bicyclic) bond motifs is 1. The molecule has 0 saturated carbocycles. The van der Waals surface area contributed by atoms with Crippen LogP contribution in [0.25, 0.3) is 11.0 Å².